The highest BCUT2D eigenvalue weighted by Gasteiger charge is 2.43. The van der Waals surface area contributed by atoms with Gasteiger partial charge in [0, 0.05) is 0 Å². The molecule has 0 saturated carbocycles. The second-order valence-corrected chi connectivity index (χ2v) is 8.47. The first-order chi connectivity index (χ1) is 15.5. The summed E-state index contributed by atoms with van der Waals surface area (Å²) in [6.07, 6.45) is 2.49. The van der Waals surface area contributed by atoms with Crippen molar-refractivity contribution in [2.24, 2.45) is 0 Å². The molecule has 4 nitrogen and oxygen atoms in total. The summed E-state index contributed by atoms with van der Waals surface area (Å²) in [5.41, 5.74) is 2.61. The maximum Gasteiger partial charge on any atom is 0.151 e. The van der Waals surface area contributed by atoms with Crippen molar-refractivity contribution in [2.75, 3.05) is 13.4 Å². The molecule has 0 aliphatic carbocycles. The van der Waals surface area contributed by atoms with Gasteiger partial charge in [0.25, 0.3) is 0 Å². The first-order valence-electron chi connectivity index (χ1n) is 10.7. The van der Waals surface area contributed by atoms with Crippen molar-refractivity contribution in [3.8, 4) is 0 Å². The summed E-state index contributed by atoms with van der Waals surface area (Å²) in [7, 11) is 0. The van der Waals surface area contributed by atoms with Gasteiger partial charge in [0.05, 0.1) is 6.61 Å². The lowest BCUT2D eigenvalue weighted by Crippen LogP contribution is -2.42. The van der Waals surface area contributed by atoms with Gasteiger partial charge in [-0.2, -0.15) is 0 Å². The van der Waals surface area contributed by atoms with Gasteiger partial charge in [-0.1, -0.05) is 73.3 Å². The van der Waals surface area contributed by atoms with E-state index in [1.807, 2.05) is 66.7 Å². The highest BCUT2D eigenvalue weighted by Crippen LogP contribution is 2.44. The molecule has 1 atom stereocenters. The van der Waals surface area contributed by atoms with Gasteiger partial charge in [0.15, 0.2) is 6.29 Å². The molecular weight excluding hydrogens is 400 g/mol. The first-order valence-corrected chi connectivity index (χ1v) is 10.7. The summed E-state index contributed by atoms with van der Waals surface area (Å²) in [5.74, 6) is 0. The lowest BCUT2D eigenvalue weighted by Gasteiger charge is -2.41. The van der Waals surface area contributed by atoms with Gasteiger partial charge in [0.2, 0.25) is 0 Å². The van der Waals surface area contributed by atoms with Crippen molar-refractivity contribution in [1.82, 2.24) is 0 Å². The Labute approximate surface area is 189 Å². The largest absolute Gasteiger partial charge is 0.352 e. The van der Waals surface area contributed by atoms with Gasteiger partial charge in [0.1, 0.15) is 24.1 Å². The highest BCUT2D eigenvalue weighted by molar-refractivity contribution is 5.62. The molecule has 1 heterocycles. The first kappa shape index (κ1) is 22.2. The van der Waals surface area contributed by atoms with Crippen LogP contribution in [0, 0.1) is 0 Å². The number of benzene rings is 3. The normalized spacial score (nSPS) is 16.6. The lowest BCUT2D eigenvalue weighted by molar-refractivity contribution is -0.141. The second-order valence-electron chi connectivity index (χ2n) is 8.47. The van der Waals surface area contributed by atoms with Crippen LogP contribution in [0.1, 0.15) is 47.8 Å². The number of hydrogen-bond donors (Lipinski definition) is 0. The monoisotopic (exact) mass is 428 g/mol. The molecule has 0 radical (unpaired) electrons. The minimum absolute atomic E-state index is 0.169. The molecule has 3 aromatic carbocycles. The minimum Gasteiger partial charge on any atom is -0.352 e. The molecule has 0 aromatic heterocycles. The Bertz CT molecular complexity index is 1030. The van der Waals surface area contributed by atoms with Crippen molar-refractivity contribution >= 4 is 12.4 Å². The van der Waals surface area contributed by atoms with E-state index in [1.165, 1.54) is 0 Å². The van der Waals surface area contributed by atoms with Crippen LogP contribution >= 0.6 is 0 Å². The number of rotatable bonds is 8. The molecule has 164 valence electrons. The highest BCUT2D eigenvalue weighted by atomic mass is 16.7. The second kappa shape index (κ2) is 9.21. The Morgan fingerprint density at radius 1 is 0.938 bits per heavy atom. The molecule has 0 amide bonds. The van der Waals surface area contributed by atoms with E-state index < -0.39 is 11.2 Å². The van der Waals surface area contributed by atoms with E-state index >= 15 is 0 Å². The Morgan fingerprint density at radius 3 is 2.06 bits per heavy atom. The van der Waals surface area contributed by atoms with Crippen molar-refractivity contribution in [3.63, 3.8) is 0 Å². The van der Waals surface area contributed by atoms with Crippen molar-refractivity contribution in [2.45, 2.75) is 31.2 Å². The fraction of sp³-hybridized carbons (Fsp3) is 0.250. The fourth-order valence-electron chi connectivity index (χ4n) is 4.15. The number of carbonyl (C=O) groups excluding carboxylic acids is 1. The molecule has 4 rings (SSSR count). The van der Waals surface area contributed by atoms with Crippen LogP contribution in [-0.4, -0.2) is 25.3 Å². The zero-order valence-corrected chi connectivity index (χ0v) is 18.5. The van der Waals surface area contributed by atoms with Crippen molar-refractivity contribution in [1.29, 1.82) is 0 Å². The maximum absolute atomic E-state index is 12.0. The Hall–Kier alpha value is -3.05. The van der Waals surface area contributed by atoms with Gasteiger partial charge in [-0.15, -0.1) is 0 Å². The smallest absolute Gasteiger partial charge is 0.151 e. The van der Waals surface area contributed by atoms with E-state index in [0.717, 1.165) is 34.1 Å². The van der Waals surface area contributed by atoms with Gasteiger partial charge < -0.3 is 19.0 Å². The van der Waals surface area contributed by atoms with Gasteiger partial charge in [-0.3, -0.25) is 0 Å². The summed E-state index contributed by atoms with van der Waals surface area (Å²) in [6.45, 7) is 8.32. The summed E-state index contributed by atoms with van der Waals surface area (Å²) in [6, 6.07) is 26.2. The molecule has 0 unspecified atom stereocenters. The fourth-order valence-corrected chi connectivity index (χ4v) is 4.15. The topological polar surface area (TPSA) is 44.8 Å². The number of carbonyl (C=O) groups is 1. The molecule has 0 bridgehead atoms. The number of aldehydes is 1. The third-order valence-corrected chi connectivity index (χ3v) is 5.67. The Kier molecular flexibility index (Phi) is 6.38. The summed E-state index contributed by atoms with van der Waals surface area (Å²) in [4.78, 5) is 12.0. The quantitative estimate of drug-likeness (QED) is 0.343. The van der Waals surface area contributed by atoms with E-state index in [9.17, 15) is 4.79 Å². The maximum atomic E-state index is 12.0. The van der Waals surface area contributed by atoms with Crippen LogP contribution in [0.3, 0.4) is 0 Å². The van der Waals surface area contributed by atoms with Gasteiger partial charge in [-0.25, -0.2) is 0 Å². The molecule has 1 saturated heterocycles. The van der Waals surface area contributed by atoms with E-state index in [2.05, 4.69) is 24.8 Å². The van der Waals surface area contributed by atoms with Crippen LogP contribution in [-0.2, 0) is 24.6 Å². The molecule has 3 aromatic rings. The third-order valence-electron chi connectivity index (χ3n) is 5.67. The molecule has 4 heteroatoms. The zero-order valence-electron chi connectivity index (χ0n) is 18.5. The van der Waals surface area contributed by atoms with Crippen LogP contribution in [0.5, 0.6) is 0 Å². The average Bonchev–Trinajstić information content (AvgIpc) is 3.38. The molecular formula is C28H28O4. The molecule has 32 heavy (non-hydrogen) atoms. The van der Waals surface area contributed by atoms with E-state index in [4.69, 9.17) is 14.2 Å². The molecule has 1 aliphatic heterocycles. The Morgan fingerprint density at radius 2 is 1.56 bits per heavy atom. The summed E-state index contributed by atoms with van der Waals surface area (Å²) >= 11 is 0. The Balaban J connectivity index is 2.04. The zero-order chi connectivity index (χ0) is 22.6. The number of ether oxygens (including phenoxy) is 3. The van der Waals surface area contributed by atoms with Crippen LogP contribution in [0.15, 0.2) is 85.4 Å². The van der Waals surface area contributed by atoms with Crippen molar-refractivity contribution in [3.05, 3.63) is 113 Å². The van der Waals surface area contributed by atoms with E-state index in [1.54, 1.807) is 13.8 Å². The molecule has 1 aliphatic rings. The third kappa shape index (κ3) is 4.30. The standard InChI is InChI=1S/C28H28O4/c1-4-21-15-22(26-18-30-20-31-26)17-25(16-21)28(32-27(2,3)19-29,23-11-7-5-8-12-23)24-13-9-6-10-14-24/h4-17,19,26H,1,18,20H2,2-3H3/t26-/m1/s1. The molecule has 0 spiro atoms. The van der Waals surface area contributed by atoms with E-state index in [0.29, 0.717) is 6.61 Å². The van der Waals surface area contributed by atoms with Crippen molar-refractivity contribution < 1.29 is 19.0 Å². The van der Waals surface area contributed by atoms with Gasteiger partial charge >= 0.3 is 0 Å². The van der Waals surface area contributed by atoms with Crippen LogP contribution in [0.2, 0.25) is 0 Å². The lowest BCUT2D eigenvalue weighted by atomic mass is 9.78. The number of hydrogen-bond acceptors (Lipinski definition) is 4. The van der Waals surface area contributed by atoms with Crippen LogP contribution in [0.4, 0.5) is 0 Å². The van der Waals surface area contributed by atoms with Crippen LogP contribution < -0.4 is 0 Å². The van der Waals surface area contributed by atoms with Gasteiger partial charge in [-0.05, 0) is 59.9 Å². The van der Waals surface area contributed by atoms with Crippen LogP contribution in [0.25, 0.3) is 6.08 Å². The SMILES string of the molecule is C=Cc1cc([C@H]2COCO2)cc(C(OC(C)(C)C=O)(c2ccccc2)c2ccccc2)c1. The predicted molar refractivity (Wildman–Crippen MR) is 125 cm³/mol. The van der Waals surface area contributed by atoms with E-state index in [-0.39, 0.29) is 12.9 Å². The molecule has 0 N–H and O–H groups in total. The summed E-state index contributed by atoms with van der Waals surface area (Å²) < 4.78 is 18.0. The predicted octanol–water partition coefficient (Wildman–Crippen LogP) is 5.66. The molecule has 1 fully saturated rings. The summed E-state index contributed by atoms with van der Waals surface area (Å²) in [5, 5.41) is 0. The minimum atomic E-state index is -1.04. The average molecular weight is 429 g/mol.